The number of benzene rings is 1. The number of hydrogen-bond acceptors (Lipinski definition) is 4. The molecule has 1 aliphatic rings. The van der Waals surface area contributed by atoms with E-state index >= 15 is 0 Å². The Morgan fingerprint density at radius 1 is 1.18 bits per heavy atom. The molecule has 1 aromatic carbocycles. The topological polar surface area (TPSA) is 70.7 Å². The Labute approximate surface area is 174 Å². The van der Waals surface area contributed by atoms with Crippen molar-refractivity contribution in [3.63, 3.8) is 0 Å². The highest BCUT2D eigenvalue weighted by molar-refractivity contribution is 5.97. The molecule has 7 heteroatoms. The predicted molar refractivity (Wildman–Crippen MR) is 114 cm³/mol. The fourth-order valence-corrected chi connectivity index (χ4v) is 3.38. The number of ether oxygens (including phenoxy) is 1. The fraction of sp³-hybridized carbons (Fsp3) is 0.619. The quantitative estimate of drug-likeness (QED) is 0.690. The lowest BCUT2D eigenvalue weighted by atomic mass is 9.95. The third kappa shape index (κ3) is 6.67. The molecule has 0 bridgehead atoms. The number of piperidine rings is 1. The summed E-state index contributed by atoms with van der Waals surface area (Å²) in [4.78, 5) is 27.5. The van der Waals surface area contributed by atoms with Crippen LogP contribution in [0.3, 0.4) is 0 Å². The van der Waals surface area contributed by atoms with Gasteiger partial charge < -0.3 is 20.3 Å². The molecular formula is C21H34ClN3O3. The van der Waals surface area contributed by atoms with Crippen LogP contribution in [0.15, 0.2) is 24.3 Å². The van der Waals surface area contributed by atoms with Gasteiger partial charge in [0.25, 0.3) is 5.91 Å². The molecule has 0 spiro atoms. The summed E-state index contributed by atoms with van der Waals surface area (Å²) < 4.78 is 5.12. The average Bonchev–Trinajstić information content (AvgIpc) is 2.70. The molecule has 0 aliphatic carbocycles. The molecule has 2 N–H and O–H groups in total. The second kappa shape index (κ2) is 11.9. The van der Waals surface area contributed by atoms with Gasteiger partial charge in [0.1, 0.15) is 11.8 Å². The van der Waals surface area contributed by atoms with Gasteiger partial charge in [0.05, 0.1) is 7.11 Å². The maximum atomic E-state index is 13.0. The number of likely N-dealkylation sites (tertiary alicyclic amines) is 1. The van der Waals surface area contributed by atoms with Gasteiger partial charge in [-0.15, -0.1) is 12.4 Å². The number of nitrogens with zero attached hydrogens (tertiary/aromatic N) is 1. The van der Waals surface area contributed by atoms with Crippen LogP contribution in [-0.4, -0.2) is 56.0 Å². The maximum Gasteiger partial charge on any atom is 0.251 e. The third-order valence-electron chi connectivity index (χ3n) is 5.18. The number of amides is 2. The van der Waals surface area contributed by atoms with Gasteiger partial charge in [-0.1, -0.05) is 20.8 Å². The first kappa shape index (κ1) is 24.2. The van der Waals surface area contributed by atoms with Gasteiger partial charge in [0.15, 0.2) is 0 Å². The molecule has 0 radical (unpaired) electrons. The maximum absolute atomic E-state index is 13.0. The minimum Gasteiger partial charge on any atom is -0.497 e. The Kier molecular flexibility index (Phi) is 10.3. The largest absolute Gasteiger partial charge is 0.497 e. The van der Waals surface area contributed by atoms with Crippen molar-refractivity contribution in [2.45, 2.75) is 39.7 Å². The minimum atomic E-state index is -0.509. The molecule has 1 aliphatic heterocycles. The fourth-order valence-electron chi connectivity index (χ4n) is 3.38. The van der Waals surface area contributed by atoms with Crippen LogP contribution in [0.2, 0.25) is 0 Å². The van der Waals surface area contributed by atoms with Gasteiger partial charge in [-0.05, 0) is 62.0 Å². The van der Waals surface area contributed by atoms with Gasteiger partial charge in [-0.3, -0.25) is 9.59 Å². The summed E-state index contributed by atoms with van der Waals surface area (Å²) in [5.74, 6) is 1.14. The molecular weight excluding hydrogens is 378 g/mol. The molecule has 2 rings (SSSR count). The minimum absolute atomic E-state index is 0. The molecule has 2 amide bonds. The first-order valence-electron chi connectivity index (χ1n) is 9.90. The lowest BCUT2D eigenvalue weighted by Crippen LogP contribution is -2.53. The molecule has 0 saturated carbocycles. The van der Waals surface area contributed by atoms with Crippen LogP contribution >= 0.6 is 12.4 Å². The van der Waals surface area contributed by atoms with Crippen LogP contribution in [0.1, 0.15) is 44.0 Å². The Balaban J connectivity index is 0.00000392. The Bertz CT molecular complexity index is 614. The predicted octanol–water partition coefficient (Wildman–Crippen LogP) is 2.72. The summed E-state index contributed by atoms with van der Waals surface area (Å²) in [5, 5.41) is 6.32. The van der Waals surface area contributed by atoms with E-state index in [1.165, 1.54) is 0 Å². The van der Waals surface area contributed by atoms with Crippen LogP contribution in [0, 0.1) is 11.8 Å². The van der Waals surface area contributed by atoms with E-state index in [1.807, 2.05) is 18.7 Å². The lowest BCUT2D eigenvalue weighted by molar-refractivity contribution is -0.135. The van der Waals surface area contributed by atoms with Crippen molar-refractivity contribution in [1.29, 1.82) is 0 Å². The molecule has 1 aromatic rings. The van der Waals surface area contributed by atoms with Gasteiger partial charge in [0.2, 0.25) is 5.91 Å². The standard InChI is InChI=1S/C21H33N3O3.ClH/c1-5-22-14-16-10-12-24(13-11-16)21(26)19(15(2)3)23-20(25)17-6-8-18(27-4)9-7-17;/h6-9,15-16,19,22H,5,10-14H2,1-4H3,(H,23,25);1H. The van der Waals surface area contributed by atoms with Crippen LogP contribution < -0.4 is 15.4 Å². The zero-order chi connectivity index (χ0) is 19.8. The molecule has 0 aromatic heterocycles. The number of rotatable bonds is 8. The van der Waals surface area contributed by atoms with Crippen molar-refractivity contribution in [3.05, 3.63) is 29.8 Å². The highest BCUT2D eigenvalue weighted by Crippen LogP contribution is 2.19. The highest BCUT2D eigenvalue weighted by Gasteiger charge is 2.31. The molecule has 158 valence electrons. The first-order valence-corrected chi connectivity index (χ1v) is 9.90. The molecule has 1 saturated heterocycles. The summed E-state index contributed by atoms with van der Waals surface area (Å²) >= 11 is 0. The Morgan fingerprint density at radius 2 is 1.79 bits per heavy atom. The van der Waals surface area contributed by atoms with Gasteiger partial charge in [0, 0.05) is 18.7 Å². The van der Waals surface area contributed by atoms with Gasteiger partial charge in [-0.2, -0.15) is 0 Å². The molecule has 1 heterocycles. The van der Waals surface area contributed by atoms with Gasteiger partial charge in [-0.25, -0.2) is 0 Å². The van der Waals surface area contributed by atoms with E-state index in [4.69, 9.17) is 4.74 Å². The first-order chi connectivity index (χ1) is 13.0. The number of halogens is 1. The summed E-state index contributed by atoms with van der Waals surface area (Å²) in [6, 6.07) is 6.40. The van der Waals surface area contributed by atoms with E-state index in [-0.39, 0.29) is 30.1 Å². The summed E-state index contributed by atoms with van der Waals surface area (Å²) in [5.41, 5.74) is 0.526. The van der Waals surface area contributed by atoms with E-state index in [2.05, 4.69) is 17.6 Å². The zero-order valence-corrected chi connectivity index (χ0v) is 18.2. The average molecular weight is 412 g/mol. The monoisotopic (exact) mass is 411 g/mol. The molecule has 6 nitrogen and oxygen atoms in total. The zero-order valence-electron chi connectivity index (χ0n) is 17.4. The van der Waals surface area contributed by atoms with Crippen molar-refractivity contribution in [1.82, 2.24) is 15.5 Å². The smallest absolute Gasteiger partial charge is 0.251 e. The molecule has 28 heavy (non-hydrogen) atoms. The summed E-state index contributed by atoms with van der Waals surface area (Å²) in [6.07, 6.45) is 2.02. The van der Waals surface area contributed by atoms with Gasteiger partial charge >= 0.3 is 0 Å². The lowest BCUT2D eigenvalue weighted by Gasteiger charge is -2.35. The van der Waals surface area contributed by atoms with Crippen molar-refractivity contribution in [2.75, 3.05) is 33.3 Å². The number of hydrogen-bond donors (Lipinski definition) is 2. The number of carbonyl (C=O) groups is 2. The van der Waals surface area contributed by atoms with Crippen molar-refractivity contribution in [3.8, 4) is 5.75 Å². The Hall–Kier alpha value is -1.79. The Morgan fingerprint density at radius 3 is 2.29 bits per heavy atom. The molecule has 1 fully saturated rings. The summed E-state index contributed by atoms with van der Waals surface area (Å²) in [6.45, 7) is 9.56. The molecule has 1 unspecified atom stereocenters. The van der Waals surface area contributed by atoms with E-state index in [9.17, 15) is 9.59 Å². The summed E-state index contributed by atoms with van der Waals surface area (Å²) in [7, 11) is 1.59. The van der Waals surface area contributed by atoms with Crippen molar-refractivity contribution in [2.24, 2.45) is 11.8 Å². The van der Waals surface area contributed by atoms with E-state index in [0.29, 0.717) is 17.2 Å². The van der Waals surface area contributed by atoms with Crippen molar-refractivity contribution < 1.29 is 14.3 Å². The SMILES string of the molecule is CCNCC1CCN(C(=O)C(NC(=O)c2ccc(OC)cc2)C(C)C)CC1.Cl. The number of nitrogens with one attached hydrogen (secondary N) is 2. The van der Waals surface area contributed by atoms with E-state index < -0.39 is 6.04 Å². The van der Waals surface area contributed by atoms with Crippen LogP contribution in [0.25, 0.3) is 0 Å². The van der Waals surface area contributed by atoms with Crippen molar-refractivity contribution >= 4 is 24.2 Å². The van der Waals surface area contributed by atoms with E-state index in [0.717, 1.165) is 39.0 Å². The van der Waals surface area contributed by atoms with E-state index in [1.54, 1.807) is 31.4 Å². The highest BCUT2D eigenvalue weighted by atomic mass is 35.5. The second-order valence-corrected chi connectivity index (χ2v) is 7.50. The van der Waals surface area contributed by atoms with Crippen LogP contribution in [0.5, 0.6) is 5.75 Å². The second-order valence-electron chi connectivity index (χ2n) is 7.50. The number of methoxy groups -OCH3 is 1. The normalized spacial score (nSPS) is 15.7. The number of carbonyl (C=O) groups excluding carboxylic acids is 2. The third-order valence-corrected chi connectivity index (χ3v) is 5.18. The van der Waals surface area contributed by atoms with Crippen LogP contribution in [0.4, 0.5) is 0 Å². The molecule has 1 atom stereocenters. The van der Waals surface area contributed by atoms with Crippen LogP contribution in [-0.2, 0) is 4.79 Å².